The summed E-state index contributed by atoms with van der Waals surface area (Å²) in [6.07, 6.45) is 0. The van der Waals surface area contributed by atoms with Crippen molar-refractivity contribution < 1.29 is 0 Å². The van der Waals surface area contributed by atoms with Gasteiger partial charge >= 0.3 is 0 Å². The van der Waals surface area contributed by atoms with Gasteiger partial charge in [-0.1, -0.05) is 152 Å². The highest BCUT2D eigenvalue weighted by molar-refractivity contribution is 6.20. The molecule has 0 aliphatic rings. The molecule has 0 radical (unpaired) electrons. The van der Waals surface area contributed by atoms with Crippen LogP contribution in [0.25, 0.3) is 105 Å². The van der Waals surface area contributed by atoms with Crippen LogP contribution in [0, 0.1) is 0 Å². The average Bonchev–Trinajstić information content (AvgIpc) is 3.57. The van der Waals surface area contributed by atoms with Crippen LogP contribution in [0.2, 0.25) is 0 Å². The van der Waals surface area contributed by atoms with Crippen molar-refractivity contribution in [3.63, 3.8) is 0 Å². The highest BCUT2D eigenvalue weighted by Crippen LogP contribution is 2.39. The fraction of sp³-hybridized carbons (Fsp3) is 0. The zero-order valence-electron chi connectivity index (χ0n) is 28.6. The predicted octanol–water partition coefficient (Wildman–Crippen LogP) is 12.6. The largest absolute Gasteiger partial charge is 0.309 e. The van der Waals surface area contributed by atoms with Crippen LogP contribution in [0.15, 0.2) is 182 Å². The van der Waals surface area contributed by atoms with Crippen LogP contribution >= 0.6 is 0 Å². The Bertz CT molecular complexity index is 3170. The molecule has 11 aromatic rings. The van der Waals surface area contributed by atoms with E-state index in [9.17, 15) is 0 Å². The molecular weight excluding hydrogens is 645 g/mol. The van der Waals surface area contributed by atoms with Crippen molar-refractivity contribution in [3.8, 4) is 39.9 Å². The Hall–Kier alpha value is -7.17. The second kappa shape index (κ2) is 11.7. The Morgan fingerprint density at radius 2 is 0.849 bits per heavy atom. The second-order valence-electron chi connectivity index (χ2n) is 13.6. The van der Waals surface area contributed by atoms with Crippen LogP contribution in [-0.2, 0) is 0 Å². The van der Waals surface area contributed by atoms with Crippen LogP contribution in [0.1, 0.15) is 0 Å². The van der Waals surface area contributed by atoms with Gasteiger partial charge in [-0.2, -0.15) is 0 Å². The van der Waals surface area contributed by atoms with Crippen LogP contribution in [0.4, 0.5) is 0 Å². The standard InChI is InChI=1S/C49H30N4/c1-2-13-34(14-3-1)47-50-48(35-27-24-32-23-26-33-25-22-31-12-4-5-15-36(31)46(33)42(32)30-35)52-49(51-47)41-28-29-45(38-17-7-6-16-37(38)41)53-43-20-10-8-18-39(43)40-19-9-11-21-44(40)53/h1-30H. The lowest BCUT2D eigenvalue weighted by Crippen LogP contribution is -2.02. The van der Waals surface area contributed by atoms with Gasteiger partial charge in [-0.25, -0.2) is 15.0 Å². The van der Waals surface area contributed by atoms with Crippen molar-refractivity contribution in [1.82, 2.24) is 19.5 Å². The minimum absolute atomic E-state index is 0.641. The molecule has 0 unspecified atom stereocenters. The SMILES string of the molecule is c1ccc(-c2nc(-c3ccc4ccc5ccc6ccccc6c5c4c3)nc(-c3ccc(-n4c5ccccc5c5ccccc54)c4ccccc34)n2)cc1. The number of para-hydroxylation sites is 2. The zero-order chi connectivity index (χ0) is 34.9. The highest BCUT2D eigenvalue weighted by Gasteiger charge is 2.19. The summed E-state index contributed by atoms with van der Waals surface area (Å²) in [7, 11) is 0. The van der Waals surface area contributed by atoms with E-state index in [1.54, 1.807) is 0 Å². The Kier molecular flexibility index (Phi) is 6.52. The average molecular weight is 675 g/mol. The molecule has 0 spiro atoms. The molecule has 0 saturated carbocycles. The van der Waals surface area contributed by atoms with Crippen molar-refractivity contribution in [1.29, 1.82) is 0 Å². The molecule has 0 aliphatic heterocycles. The van der Waals surface area contributed by atoms with Crippen LogP contribution < -0.4 is 0 Å². The van der Waals surface area contributed by atoms with Gasteiger partial charge in [0.1, 0.15) is 0 Å². The summed E-state index contributed by atoms with van der Waals surface area (Å²) in [4.78, 5) is 15.6. The van der Waals surface area contributed by atoms with Crippen LogP contribution in [0.5, 0.6) is 0 Å². The maximum absolute atomic E-state index is 5.26. The molecule has 0 bridgehead atoms. The minimum atomic E-state index is 0.641. The molecule has 0 aliphatic carbocycles. The van der Waals surface area contributed by atoms with Crippen LogP contribution in [-0.4, -0.2) is 19.5 Å². The number of fused-ring (bicyclic) bond motifs is 9. The van der Waals surface area contributed by atoms with E-state index in [0.717, 1.165) is 33.2 Å². The number of benzene rings is 9. The van der Waals surface area contributed by atoms with Gasteiger partial charge in [0, 0.05) is 32.8 Å². The van der Waals surface area contributed by atoms with E-state index in [4.69, 9.17) is 15.0 Å². The third-order valence-electron chi connectivity index (χ3n) is 10.6. The number of hydrogen-bond acceptors (Lipinski definition) is 3. The van der Waals surface area contributed by atoms with Crippen molar-refractivity contribution in [3.05, 3.63) is 182 Å². The van der Waals surface area contributed by atoms with E-state index in [1.165, 1.54) is 54.1 Å². The molecule has 246 valence electrons. The van der Waals surface area contributed by atoms with E-state index in [-0.39, 0.29) is 0 Å². The molecule has 0 saturated heterocycles. The van der Waals surface area contributed by atoms with Gasteiger partial charge in [0.25, 0.3) is 0 Å². The Balaban J connectivity index is 1.15. The molecule has 0 atom stereocenters. The topological polar surface area (TPSA) is 43.6 Å². The molecule has 2 heterocycles. The van der Waals surface area contributed by atoms with Gasteiger partial charge in [-0.05, 0) is 68.0 Å². The first-order chi connectivity index (χ1) is 26.3. The fourth-order valence-corrected chi connectivity index (χ4v) is 8.16. The summed E-state index contributed by atoms with van der Waals surface area (Å²) in [5.41, 5.74) is 6.33. The maximum Gasteiger partial charge on any atom is 0.164 e. The quantitative estimate of drug-likeness (QED) is 0.175. The molecule has 0 fully saturated rings. The molecule has 53 heavy (non-hydrogen) atoms. The lowest BCUT2D eigenvalue weighted by atomic mass is 9.95. The molecule has 9 aromatic carbocycles. The molecule has 4 heteroatoms. The second-order valence-corrected chi connectivity index (χ2v) is 13.6. The molecule has 11 rings (SSSR count). The molecule has 0 amide bonds. The third-order valence-corrected chi connectivity index (χ3v) is 10.6. The van der Waals surface area contributed by atoms with Crippen LogP contribution in [0.3, 0.4) is 0 Å². The first-order valence-electron chi connectivity index (χ1n) is 18.0. The van der Waals surface area contributed by atoms with Gasteiger partial charge in [-0.15, -0.1) is 0 Å². The summed E-state index contributed by atoms with van der Waals surface area (Å²) in [5, 5.41) is 12.0. The highest BCUT2D eigenvalue weighted by atomic mass is 15.0. The zero-order valence-corrected chi connectivity index (χ0v) is 28.6. The first kappa shape index (κ1) is 29.5. The predicted molar refractivity (Wildman–Crippen MR) is 220 cm³/mol. The van der Waals surface area contributed by atoms with E-state index in [2.05, 4.69) is 168 Å². The van der Waals surface area contributed by atoms with Gasteiger partial charge in [0.05, 0.1) is 16.7 Å². The van der Waals surface area contributed by atoms with Gasteiger partial charge in [0.2, 0.25) is 0 Å². The number of aromatic nitrogens is 4. The van der Waals surface area contributed by atoms with E-state index >= 15 is 0 Å². The first-order valence-corrected chi connectivity index (χ1v) is 18.0. The van der Waals surface area contributed by atoms with E-state index in [0.29, 0.717) is 17.5 Å². The number of nitrogens with zero attached hydrogens (tertiary/aromatic N) is 4. The van der Waals surface area contributed by atoms with Gasteiger partial charge in [-0.3, -0.25) is 0 Å². The number of rotatable bonds is 4. The Morgan fingerprint density at radius 1 is 0.321 bits per heavy atom. The molecular formula is C49H30N4. The van der Waals surface area contributed by atoms with Crippen molar-refractivity contribution >= 4 is 64.9 Å². The number of hydrogen-bond donors (Lipinski definition) is 0. The van der Waals surface area contributed by atoms with Crippen molar-refractivity contribution in [2.75, 3.05) is 0 Å². The van der Waals surface area contributed by atoms with E-state index in [1.807, 2.05) is 18.2 Å². The maximum atomic E-state index is 5.26. The molecule has 4 nitrogen and oxygen atoms in total. The normalized spacial score (nSPS) is 11.8. The molecule has 0 N–H and O–H groups in total. The molecule has 2 aromatic heterocycles. The summed E-state index contributed by atoms with van der Waals surface area (Å²) in [5.74, 6) is 1.93. The van der Waals surface area contributed by atoms with E-state index < -0.39 is 0 Å². The lowest BCUT2D eigenvalue weighted by molar-refractivity contribution is 1.08. The van der Waals surface area contributed by atoms with Crippen molar-refractivity contribution in [2.45, 2.75) is 0 Å². The summed E-state index contributed by atoms with van der Waals surface area (Å²) >= 11 is 0. The smallest absolute Gasteiger partial charge is 0.164 e. The van der Waals surface area contributed by atoms with Crippen molar-refractivity contribution in [2.24, 2.45) is 0 Å². The third kappa shape index (κ3) is 4.66. The summed E-state index contributed by atoms with van der Waals surface area (Å²) in [6, 6.07) is 64.5. The van der Waals surface area contributed by atoms with Gasteiger partial charge in [0.15, 0.2) is 17.5 Å². The summed E-state index contributed by atoms with van der Waals surface area (Å²) < 4.78 is 2.38. The monoisotopic (exact) mass is 674 g/mol. The van der Waals surface area contributed by atoms with Gasteiger partial charge < -0.3 is 4.57 Å². The Morgan fingerprint density at radius 3 is 1.58 bits per heavy atom. The lowest BCUT2D eigenvalue weighted by Gasteiger charge is -2.15. The minimum Gasteiger partial charge on any atom is -0.309 e. The fourth-order valence-electron chi connectivity index (χ4n) is 8.16. The Labute approximate surface area is 305 Å². The summed E-state index contributed by atoms with van der Waals surface area (Å²) in [6.45, 7) is 0.